The molecule has 0 aromatic carbocycles. The summed E-state index contributed by atoms with van der Waals surface area (Å²) in [5, 5.41) is 7.50. The Kier molecular flexibility index (Phi) is 2.57. The van der Waals surface area contributed by atoms with E-state index >= 15 is 0 Å². The molecule has 0 bridgehead atoms. The van der Waals surface area contributed by atoms with Crippen LogP contribution in [0, 0.1) is 0 Å². The Bertz CT molecular complexity index is 703. The second-order valence-corrected chi connectivity index (χ2v) is 3.75. The van der Waals surface area contributed by atoms with Crippen LogP contribution in [0.25, 0.3) is 17.1 Å². The third kappa shape index (κ3) is 1.86. The van der Waals surface area contributed by atoms with Crippen LogP contribution in [0.4, 0.5) is 0 Å². The van der Waals surface area contributed by atoms with E-state index < -0.39 is 5.91 Å². The average Bonchev–Trinajstić information content (AvgIpc) is 3.08. The van der Waals surface area contributed by atoms with Crippen molar-refractivity contribution in [3.63, 3.8) is 0 Å². The molecule has 0 unspecified atom stereocenters. The Hall–Kier alpha value is -2.96. The fourth-order valence-corrected chi connectivity index (χ4v) is 1.78. The summed E-state index contributed by atoms with van der Waals surface area (Å²) in [6.07, 6.45) is 6.11. The molecule has 0 atom stereocenters. The Morgan fingerprint density at radius 1 is 1.32 bits per heavy atom. The molecular weight excluding hydrogens is 246 g/mol. The Morgan fingerprint density at radius 3 is 2.84 bits per heavy atom. The molecule has 1 amide bonds. The Labute approximate surface area is 107 Å². The number of hydrogen-bond donors (Lipinski definition) is 1. The first-order valence-corrected chi connectivity index (χ1v) is 5.47. The summed E-state index contributed by atoms with van der Waals surface area (Å²) in [5.74, 6) is -0.293. The molecule has 7 heteroatoms. The molecule has 94 valence electrons. The number of amides is 1. The van der Waals surface area contributed by atoms with E-state index in [1.807, 2.05) is 0 Å². The van der Waals surface area contributed by atoms with Gasteiger partial charge in [-0.05, 0) is 12.1 Å². The molecule has 0 spiro atoms. The third-order valence-electron chi connectivity index (χ3n) is 2.58. The van der Waals surface area contributed by atoms with Gasteiger partial charge in [0.05, 0.1) is 12.4 Å². The van der Waals surface area contributed by atoms with Crippen molar-refractivity contribution < 1.29 is 9.21 Å². The SMILES string of the molecule is NC(=O)c1c(-n2ccnn2)coc1-c1ccccn1. The van der Waals surface area contributed by atoms with Gasteiger partial charge in [-0.1, -0.05) is 11.3 Å². The molecule has 0 saturated carbocycles. The third-order valence-corrected chi connectivity index (χ3v) is 2.58. The maximum absolute atomic E-state index is 11.6. The average molecular weight is 255 g/mol. The standard InChI is InChI=1S/C12H9N5O2/c13-12(18)10-9(17-6-5-15-16-17)7-19-11(10)8-3-1-2-4-14-8/h1-7H,(H2,13,18). The highest BCUT2D eigenvalue weighted by Crippen LogP contribution is 2.28. The van der Waals surface area contributed by atoms with Crippen LogP contribution in [-0.2, 0) is 0 Å². The van der Waals surface area contributed by atoms with Crippen molar-refractivity contribution in [2.75, 3.05) is 0 Å². The minimum absolute atomic E-state index is 0.226. The predicted octanol–water partition coefficient (Wildman–Crippen LogP) is 1.02. The summed E-state index contributed by atoms with van der Waals surface area (Å²) in [7, 11) is 0. The zero-order valence-electron chi connectivity index (χ0n) is 9.72. The second-order valence-electron chi connectivity index (χ2n) is 3.75. The first-order valence-electron chi connectivity index (χ1n) is 5.47. The minimum atomic E-state index is -0.611. The number of furan rings is 1. The smallest absolute Gasteiger partial charge is 0.254 e. The van der Waals surface area contributed by atoms with Crippen LogP contribution < -0.4 is 5.73 Å². The number of nitrogens with two attached hydrogens (primary N) is 1. The van der Waals surface area contributed by atoms with Gasteiger partial charge in [-0.2, -0.15) is 0 Å². The van der Waals surface area contributed by atoms with Crippen LogP contribution in [0.3, 0.4) is 0 Å². The van der Waals surface area contributed by atoms with Crippen LogP contribution >= 0.6 is 0 Å². The molecule has 0 radical (unpaired) electrons. The number of nitrogens with zero attached hydrogens (tertiary/aromatic N) is 4. The zero-order chi connectivity index (χ0) is 13.2. The Morgan fingerprint density at radius 2 is 2.21 bits per heavy atom. The van der Waals surface area contributed by atoms with Crippen molar-refractivity contribution in [1.82, 2.24) is 20.0 Å². The highest BCUT2D eigenvalue weighted by atomic mass is 16.3. The van der Waals surface area contributed by atoms with Gasteiger partial charge in [0, 0.05) is 6.20 Å². The molecule has 0 aliphatic carbocycles. The number of primary amides is 1. The number of carbonyl (C=O) groups is 1. The molecular formula is C12H9N5O2. The van der Waals surface area contributed by atoms with Gasteiger partial charge >= 0.3 is 0 Å². The molecule has 3 rings (SSSR count). The van der Waals surface area contributed by atoms with Gasteiger partial charge in [0.1, 0.15) is 23.2 Å². The molecule has 3 aromatic heterocycles. The lowest BCUT2D eigenvalue weighted by molar-refractivity contribution is 0.100. The van der Waals surface area contributed by atoms with Gasteiger partial charge < -0.3 is 10.2 Å². The molecule has 0 fully saturated rings. The van der Waals surface area contributed by atoms with Gasteiger partial charge in [-0.25, -0.2) is 4.68 Å². The topological polar surface area (TPSA) is 99.8 Å². The van der Waals surface area contributed by atoms with Gasteiger partial charge in [-0.3, -0.25) is 9.78 Å². The summed E-state index contributed by atoms with van der Waals surface area (Å²) >= 11 is 0. The van der Waals surface area contributed by atoms with Crippen molar-refractivity contribution >= 4 is 5.91 Å². The van der Waals surface area contributed by atoms with E-state index in [9.17, 15) is 4.79 Å². The van der Waals surface area contributed by atoms with Crippen molar-refractivity contribution in [2.45, 2.75) is 0 Å². The number of carbonyl (C=O) groups excluding carboxylic acids is 1. The van der Waals surface area contributed by atoms with Crippen LogP contribution in [0.1, 0.15) is 10.4 Å². The first kappa shape index (κ1) is 11.1. The maximum atomic E-state index is 11.6. The second kappa shape index (κ2) is 4.37. The minimum Gasteiger partial charge on any atom is -0.460 e. The van der Waals surface area contributed by atoms with E-state index in [1.165, 1.54) is 17.1 Å². The number of rotatable bonds is 3. The Balaban J connectivity index is 2.20. The van der Waals surface area contributed by atoms with E-state index in [2.05, 4.69) is 15.3 Å². The molecule has 7 nitrogen and oxygen atoms in total. The van der Waals surface area contributed by atoms with Gasteiger partial charge in [0.15, 0.2) is 5.76 Å². The fourth-order valence-electron chi connectivity index (χ4n) is 1.78. The quantitative estimate of drug-likeness (QED) is 0.753. The lowest BCUT2D eigenvalue weighted by Gasteiger charge is -2.01. The van der Waals surface area contributed by atoms with Crippen molar-refractivity contribution in [1.29, 1.82) is 0 Å². The maximum Gasteiger partial charge on any atom is 0.254 e. The van der Waals surface area contributed by atoms with E-state index in [0.29, 0.717) is 17.1 Å². The summed E-state index contributed by atoms with van der Waals surface area (Å²) in [4.78, 5) is 15.8. The summed E-state index contributed by atoms with van der Waals surface area (Å²) in [6.45, 7) is 0. The highest BCUT2D eigenvalue weighted by molar-refractivity contribution is 6.01. The first-order chi connectivity index (χ1) is 9.27. The summed E-state index contributed by atoms with van der Waals surface area (Å²) in [5.41, 5.74) is 6.61. The van der Waals surface area contributed by atoms with Crippen LogP contribution in [-0.4, -0.2) is 25.9 Å². The van der Waals surface area contributed by atoms with E-state index in [1.54, 1.807) is 30.6 Å². The van der Waals surface area contributed by atoms with Gasteiger partial charge in [0.25, 0.3) is 5.91 Å². The monoisotopic (exact) mass is 255 g/mol. The molecule has 0 saturated heterocycles. The fraction of sp³-hybridized carbons (Fsp3) is 0. The molecule has 0 aliphatic heterocycles. The normalized spacial score (nSPS) is 10.5. The van der Waals surface area contributed by atoms with Crippen LogP contribution in [0.15, 0.2) is 47.5 Å². The summed E-state index contributed by atoms with van der Waals surface area (Å²) in [6, 6.07) is 5.30. The number of hydrogen-bond acceptors (Lipinski definition) is 5. The van der Waals surface area contributed by atoms with Gasteiger partial charge in [0.2, 0.25) is 0 Å². The predicted molar refractivity (Wildman–Crippen MR) is 65.4 cm³/mol. The van der Waals surface area contributed by atoms with Crippen molar-refractivity contribution in [2.24, 2.45) is 5.73 Å². The largest absolute Gasteiger partial charge is 0.460 e. The van der Waals surface area contributed by atoms with Crippen LogP contribution in [0.5, 0.6) is 0 Å². The van der Waals surface area contributed by atoms with E-state index in [0.717, 1.165) is 0 Å². The lowest BCUT2D eigenvalue weighted by atomic mass is 10.1. The van der Waals surface area contributed by atoms with Crippen LogP contribution in [0.2, 0.25) is 0 Å². The molecule has 19 heavy (non-hydrogen) atoms. The lowest BCUT2D eigenvalue weighted by Crippen LogP contribution is -2.14. The molecule has 0 aliphatic rings. The zero-order valence-corrected chi connectivity index (χ0v) is 9.72. The van der Waals surface area contributed by atoms with E-state index in [-0.39, 0.29) is 5.56 Å². The number of pyridine rings is 1. The molecule has 3 heterocycles. The highest BCUT2D eigenvalue weighted by Gasteiger charge is 2.22. The van der Waals surface area contributed by atoms with Gasteiger partial charge in [-0.15, -0.1) is 5.10 Å². The molecule has 2 N–H and O–H groups in total. The number of aromatic nitrogens is 4. The molecule has 3 aromatic rings. The summed E-state index contributed by atoms with van der Waals surface area (Å²) < 4.78 is 6.83. The van der Waals surface area contributed by atoms with Crippen molar-refractivity contribution in [3.05, 3.63) is 48.6 Å². The van der Waals surface area contributed by atoms with E-state index in [4.69, 9.17) is 10.2 Å². The van der Waals surface area contributed by atoms with Crippen molar-refractivity contribution in [3.8, 4) is 17.1 Å².